The largest absolute Gasteiger partial charge is 0.303 e. The molecule has 1 aromatic carbocycles. The van der Waals surface area contributed by atoms with Gasteiger partial charge in [0.15, 0.2) is 0 Å². The maximum atomic E-state index is 13.0. The Morgan fingerprint density at radius 2 is 2.17 bits per heavy atom. The van der Waals surface area contributed by atoms with Crippen molar-refractivity contribution < 1.29 is 4.79 Å². The van der Waals surface area contributed by atoms with Crippen LogP contribution in [0, 0.1) is 5.92 Å². The summed E-state index contributed by atoms with van der Waals surface area (Å²) in [4.78, 5) is 17.0. The Morgan fingerprint density at radius 1 is 1.30 bits per heavy atom. The Hall–Kier alpha value is -1.84. The number of carbonyl (C=O) groups is 1. The zero-order valence-electron chi connectivity index (χ0n) is 12.5. The molecule has 0 spiro atoms. The zero-order valence-corrected chi connectivity index (χ0v) is 14.0. The highest BCUT2D eigenvalue weighted by Gasteiger charge is 2.19. The topological polar surface area (TPSA) is 34.9 Å². The van der Waals surface area contributed by atoms with Crippen molar-refractivity contribution in [1.29, 1.82) is 0 Å². The number of aromatic nitrogens is 2. The second-order valence-corrected chi connectivity index (χ2v) is 6.36. The fourth-order valence-electron chi connectivity index (χ4n) is 2.68. The molecule has 3 rings (SSSR count). The summed E-state index contributed by atoms with van der Waals surface area (Å²) in [6.45, 7) is 0. The summed E-state index contributed by atoms with van der Waals surface area (Å²) in [7, 11) is 0. The Kier molecular flexibility index (Phi) is 4.99. The summed E-state index contributed by atoms with van der Waals surface area (Å²) in [6.07, 6.45) is 14.4. The first-order valence-corrected chi connectivity index (χ1v) is 8.25. The Bertz CT molecular complexity index is 763. The Balaban J connectivity index is 1.99. The van der Waals surface area contributed by atoms with E-state index in [1.54, 1.807) is 41.5 Å². The lowest BCUT2D eigenvalue weighted by Gasteiger charge is -2.16. The maximum Gasteiger partial charge on any atom is 0.210 e. The average molecular weight is 347 g/mol. The average Bonchev–Trinajstić information content (AvgIpc) is 3.07. The van der Waals surface area contributed by atoms with Gasteiger partial charge in [-0.15, -0.1) is 0 Å². The Labute approximate surface area is 145 Å². The number of hydrogen-bond donors (Lipinski definition) is 0. The number of allylic oxidation sites excluding steroid dienone is 4. The molecule has 23 heavy (non-hydrogen) atoms. The SMILES string of the molecule is O=C(/C(=C/C1CC=CCC1)n1ccnc1)c1ccc(Cl)cc1Cl. The van der Waals surface area contributed by atoms with E-state index in [9.17, 15) is 4.79 Å². The third-order valence-electron chi connectivity index (χ3n) is 3.89. The summed E-state index contributed by atoms with van der Waals surface area (Å²) < 4.78 is 1.74. The van der Waals surface area contributed by atoms with Gasteiger partial charge in [-0.3, -0.25) is 4.79 Å². The van der Waals surface area contributed by atoms with E-state index in [2.05, 4.69) is 17.1 Å². The normalized spacial score (nSPS) is 18.2. The van der Waals surface area contributed by atoms with Gasteiger partial charge >= 0.3 is 0 Å². The number of rotatable bonds is 4. The number of Topliss-reactive ketones (excluding diaryl/α,β-unsaturated/α-hetero) is 1. The fraction of sp³-hybridized carbons (Fsp3) is 0.222. The molecule has 0 radical (unpaired) electrons. The van der Waals surface area contributed by atoms with Crippen molar-refractivity contribution in [2.75, 3.05) is 0 Å². The van der Waals surface area contributed by atoms with Crippen LogP contribution in [0.15, 0.2) is 55.1 Å². The van der Waals surface area contributed by atoms with Crippen molar-refractivity contribution in [1.82, 2.24) is 9.55 Å². The van der Waals surface area contributed by atoms with Gasteiger partial charge in [0.05, 0.1) is 17.0 Å². The van der Waals surface area contributed by atoms with Crippen LogP contribution in [0.5, 0.6) is 0 Å². The summed E-state index contributed by atoms with van der Waals surface area (Å²) in [5.74, 6) is 0.214. The third kappa shape index (κ3) is 3.74. The molecule has 0 bridgehead atoms. The molecule has 2 aromatic rings. The van der Waals surface area contributed by atoms with Crippen molar-refractivity contribution in [2.45, 2.75) is 19.3 Å². The van der Waals surface area contributed by atoms with Crippen LogP contribution in [0.2, 0.25) is 10.0 Å². The molecule has 1 unspecified atom stereocenters. The summed E-state index contributed by atoms with van der Waals surface area (Å²) in [5.41, 5.74) is 1.02. The minimum atomic E-state index is -0.126. The van der Waals surface area contributed by atoms with E-state index in [1.807, 2.05) is 6.08 Å². The highest BCUT2D eigenvalue weighted by Crippen LogP contribution is 2.27. The Morgan fingerprint density at radius 3 is 2.83 bits per heavy atom. The van der Waals surface area contributed by atoms with Gasteiger partial charge in [0.2, 0.25) is 5.78 Å². The lowest BCUT2D eigenvalue weighted by Crippen LogP contribution is -2.11. The minimum absolute atomic E-state index is 0.126. The summed E-state index contributed by atoms with van der Waals surface area (Å²) in [6, 6.07) is 4.93. The second kappa shape index (κ2) is 7.16. The van der Waals surface area contributed by atoms with E-state index in [-0.39, 0.29) is 5.78 Å². The van der Waals surface area contributed by atoms with Crippen LogP contribution in [-0.4, -0.2) is 15.3 Å². The first-order valence-electron chi connectivity index (χ1n) is 7.50. The first-order chi connectivity index (χ1) is 11.1. The van der Waals surface area contributed by atoms with E-state index in [1.165, 1.54) is 0 Å². The molecule has 0 fully saturated rings. The number of imidazole rings is 1. The molecular weight excluding hydrogens is 331 g/mol. The molecule has 0 saturated carbocycles. The van der Waals surface area contributed by atoms with Crippen molar-refractivity contribution in [2.24, 2.45) is 5.92 Å². The van der Waals surface area contributed by atoms with Crippen molar-refractivity contribution in [3.63, 3.8) is 0 Å². The number of carbonyl (C=O) groups excluding carboxylic acids is 1. The molecular formula is C18H16Cl2N2O. The minimum Gasteiger partial charge on any atom is -0.303 e. The molecule has 1 aromatic heterocycles. The van der Waals surface area contributed by atoms with Crippen LogP contribution in [0.4, 0.5) is 0 Å². The molecule has 5 heteroatoms. The van der Waals surface area contributed by atoms with Gasteiger partial charge in [-0.1, -0.05) is 41.4 Å². The first kappa shape index (κ1) is 16.0. The molecule has 118 valence electrons. The van der Waals surface area contributed by atoms with Crippen LogP contribution in [0.25, 0.3) is 5.70 Å². The summed E-state index contributed by atoms with van der Waals surface area (Å²) >= 11 is 12.1. The number of halogens is 2. The van der Waals surface area contributed by atoms with Gasteiger partial charge in [0.1, 0.15) is 0 Å². The van der Waals surface area contributed by atoms with Crippen LogP contribution in [0.3, 0.4) is 0 Å². The number of hydrogen-bond acceptors (Lipinski definition) is 2. The van der Waals surface area contributed by atoms with Gasteiger partial charge in [-0.25, -0.2) is 4.98 Å². The molecule has 0 aliphatic heterocycles. The predicted molar refractivity (Wildman–Crippen MR) is 93.8 cm³/mol. The molecule has 1 aliphatic rings. The second-order valence-electron chi connectivity index (χ2n) is 5.52. The third-order valence-corrected chi connectivity index (χ3v) is 4.44. The van der Waals surface area contributed by atoms with Gasteiger partial charge in [0, 0.05) is 23.0 Å². The van der Waals surface area contributed by atoms with Gasteiger partial charge in [0.25, 0.3) is 0 Å². The molecule has 1 heterocycles. The molecule has 0 saturated heterocycles. The van der Waals surface area contributed by atoms with Gasteiger partial charge in [-0.05, 0) is 43.4 Å². The van der Waals surface area contributed by atoms with E-state index in [4.69, 9.17) is 23.2 Å². The van der Waals surface area contributed by atoms with E-state index < -0.39 is 0 Å². The molecule has 1 aliphatic carbocycles. The van der Waals surface area contributed by atoms with Gasteiger partial charge < -0.3 is 4.57 Å². The maximum absolute atomic E-state index is 13.0. The van der Waals surface area contributed by atoms with Crippen LogP contribution < -0.4 is 0 Å². The van der Waals surface area contributed by atoms with Gasteiger partial charge in [-0.2, -0.15) is 0 Å². The number of nitrogens with zero attached hydrogens (tertiary/aromatic N) is 2. The standard InChI is InChI=1S/C18H16Cl2N2O/c19-14-6-7-15(16(20)11-14)18(23)17(22-9-8-21-12-22)10-13-4-2-1-3-5-13/h1-2,6-13H,3-5H2/b17-10-. The van der Waals surface area contributed by atoms with Crippen LogP contribution in [0.1, 0.15) is 29.6 Å². The van der Waals surface area contributed by atoms with Crippen molar-refractivity contribution >= 4 is 34.7 Å². The quantitative estimate of drug-likeness (QED) is 0.429. The zero-order chi connectivity index (χ0) is 16.2. The number of ketones is 1. The number of benzene rings is 1. The van der Waals surface area contributed by atoms with Crippen LogP contribution >= 0.6 is 23.2 Å². The fourth-order valence-corrected chi connectivity index (χ4v) is 3.18. The smallest absolute Gasteiger partial charge is 0.210 e. The lowest BCUT2D eigenvalue weighted by atomic mass is 9.92. The van der Waals surface area contributed by atoms with E-state index >= 15 is 0 Å². The summed E-state index contributed by atoms with van der Waals surface area (Å²) in [5, 5.41) is 0.870. The molecule has 1 atom stereocenters. The van der Waals surface area contributed by atoms with Crippen molar-refractivity contribution in [3.8, 4) is 0 Å². The monoisotopic (exact) mass is 346 g/mol. The highest BCUT2D eigenvalue weighted by molar-refractivity contribution is 6.39. The predicted octanol–water partition coefficient (Wildman–Crippen LogP) is 5.27. The van der Waals surface area contributed by atoms with Crippen LogP contribution in [-0.2, 0) is 0 Å². The van der Waals surface area contributed by atoms with Crippen molar-refractivity contribution in [3.05, 3.63) is 70.8 Å². The molecule has 3 nitrogen and oxygen atoms in total. The van der Waals surface area contributed by atoms with E-state index in [0.717, 1.165) is 19.3 Å². The lowest BCUT2D eigenvalue weighted by molar-refractivity contribution is 0.105. The van der Waals surface area contributed by atoms with E-state index in [0.29, 0.717) is 27.2 Å². The molecule has 0 amide bonds. The highest BCUT2D eigenvalue weighted by atomic mass is 35.5. The molecule has 0 N–H and O–H groups in total.